The Morgan fingerprint density at radius 1 is 1.65 bits per heavy atom. The van der Waals surface area contributed by atoms with Crippen molar-refractivity contribution >= 4 is 11.8 Å². The van der Waals surface area contributed by atoms with E-state index < -0.39 is 0 Å². The molecule has 2 aliphatic rings. The fourth-order valence-corrected chi connectivity index (χ4v) is 4.83. The van der Waals surface area contributed by atoms with Crippen LogP contribution in [0.15, 0.2) is 12.4 Å². The van der Waals surface area contributed by atoms with Crippen LogP contribution in [0.2, 0.25) is 0 Å². The fourth-order valence-electron chi connectivity index (χ4n) is 3.45. The molecule has 1 aromatic rings. The number of hydrogen-bond donors (Lipinski definition) is 2. The van der Waals surface area contributed by atoms with Crippen LogP contribution < -0.4 is 5.32 Å². The highest BCUT2D eigenvalue weighted by Gasteiger charge is 2.43. The van der Waals surface area contributed by atoms with Crippen molar-refractivity contribution in [3.05, 3.63) is 18.2 Å². The Balaban J connectivity index is 1.72. The monoisotopic (exact) mass is 295 g/mol. The van der Waals surface area contributed by atoms with Crippen LogP contribution in [-0.4, -0.2) is 40.2 Å². The molecule has 5 heteroatoms. The highest BCUT2D eigenvalue weighted by atomic mass is 32.2. The number of hydrogen-bond acceptors (Lipinski definition) is 4. The van der Waals surface area contributed by atoms with Crippen molar-refractivity contribution in [1.29, 1.82) is 0 Å². The van der Waals surface area contributed by atoms with Gasteiger partial charge in [-0.1, -0.05) is 6.92 Å². The van der Waals surface area contributed by atoms with Gasteiger partial charge in [-0.2, -0.15) is 11.8 Å². The van der Waals surface area contributed by atoms with Gasteiger partial charge >= 0.3 is 0 Å². The lowest BCUT2D eigenvalue weighted by molar-refractivity contribution is -0.0858. The number of nitrogens with one attached hydrogen (secondary N) is 2. The van der Waals surface area contributed by atoms with E-state index in [2.05, 4.69) is 22.2 Å². The maximum Gasteiger partial charge on any atom is 0.123 e. The molecule has 2 saturated heterocycles. The zero-order valence-electron chi connectivity index (χ0n) is 12.2. The fraction of sp³-hybridized carbons (Fsp3) is 0.800. The van der Waals surface area contributed by atoms with Gasteiger partial charge in [0.2, 0.25) is 0 Å². The summed E-state index contributed by atoms with van der Waals surface area (Å²) in [7, 11) is 0. The smallest absolute Gasteiger partial charge is 0.123 e. The van der Waals surface area contributed by atoms with E-state index in [0.29, 0.717) is 12.0 Å². The van der Waals surface area contributed by atoms with Crippen molar-refractivity contribution in [2.75, 3.05) is 24.7 Å². The third kappa shape index (κ3) is 3.05. The lowest BCUT2D eigenvalue weighted by atomic mass is 9.81. The summed E-state index contributed by atoms with van der Waals surface area (Å²) in [6, 6.07) is 0.344. The number of imidazole rings is 1. The zero-order chi connectivity index (χ0) is 13.8. The topological polar surface area (TPSA) is 49.9 Å². The largest absolute Gasteiger partial charge is 0.374 e. The third-order valence-corrected chi connectivity index (χ3v) is 5.72. The maximum absolute atomic E-state index is 6.15. The Labute approximate surface area is 125 Å². The van der Waals surface area contributed by atoms with Gasteiger partial charge in [0.15, 0.2) is 0 Å². The molecule has 3 heterocycles. The number of aromatic nitrogens is 2. The summed E-state index contributed by atoms with van der Waals surface area (Å²) >= 11 is 2.04. The molecule has 0 bridgehead atoms. The van der Waals surface area contributed by atoms with Crippen molar-refractivity contribution < 1.29 is 4.74 Å². The van der Waals surface area contributed by atoms with Gasteiger partial charge in [0.1, 0.15) is 5.82 Å². The Bertz CT molecular complexity index is 403. The van der Waals surface area contributed by atoms with Crippen LogP contribution in [0.3, 0.4) is 0 Å². The number of thioether (sulfide) groups is 1. The molecule has 3 rings (SSSR count). The average molecular weight is 295 g/mol. The van der Waals surface area contributed by atoms with Gasteiger partial charge in [0, 0.05) is 24.8 Å². The standard InChI is InChI=1S/C15H25N3OS/c1-2-5-16-13(14-17-6-7-18-14)12-3-8-19-15(10-12)4-9-20-11-15/h6-7,12-13,16H,2-5,8-11H2,1H3,(H,17,18). The van der Waals surface area contributed by atoms with Gasteiger partial charge in [-0.25, -0.2) is 4.98 Å². The average Bonchev–Trinajstić information content (AvgIpc) is 3.12. The Hall–Kier alpha value is -0.520. The second-order valence-corrected chi connectivity index (χ2v) is 7.10. The van der Waals surface area contributed by atoms with Crippen molar-refractivity contribution in [3.63, 3.8) is 0 Å². The molecule has 112 valence electrons. The molecule has 0 saturated carbocycles. The highest BCUT2D eigenvalue weighted by Crippen LogP contribution is 2.43. The van der Waals surface area contributed by atoms with Gasteiger partial charge in [0.05, 0.1) is 11.6 Å². The van der Waals surface area contributed by atoms with E-state index in [1.54, 1.807) is 0 Å². The van der Waals surface area contributed by atoms with Crippen LogP contribution in [0, 0.1) is 5.92 Å². The molecule has 2 aliphatic heterocycles. The Morgan fingerprint density at radius 2 is 2.60 bits per heavy atom. The number of rotatable bonds is 5. The lowest BCUT2D eigenvalue weighted by Crippen LogP contribution is -2.44. The first-order valence-electron chi connectivity index (χ1n) is 7.77. The molecule has 0 aliphatic carbocycles. The molecule has 1 spiro atoms. The molecular weight excluding hydrogens is 270 g/mol. The van der Waals surface area contributed by atoms with Crippen LogP contribution in [0.4, 0.5) is 0 Å². The summed E-state index contributed by atoms with van der Waals surface area (Å²) in [6.45, 7) is 4.16. The molecule has 3 atom stereocenters. The molecule has 0 amide bonds. The van der Waals surface area contributed by atoms with E-state index in [0.717, 1.165) is 31.8 Å². The first kappa shape index (κ1) is 14.4. The predicted molar refractivity (Wildman–Crippen MR) is 83.0 cm³/mol. The highest BCUT2D eigenvalue weighted by molar-refractivity contribution is 7.99. The quantitative estimate of drug-likeness (QED) is 0.877. The molecule has 0 radical (unpaired) electrons. The number of ether oxygens (including phenoxy) is 1. The van der Waals surface area contributed by atoms with Gasteiger partial charge < -0.3 is 15.0 Å². The van der Waals surface area contributed by atoms with Gasteiger partial charge in [0.25, 0.3) is 0 Å². The molecule has 2 N–H and O–H groups in total. The summed E-state index contributed by atoms with van der Waals surface area (Å²) < 4.78 is 6.15. The molecular formula is C15H25N3OS. The minimum absolute atomic E-state index is 0.145. The van der Waals surface area contributed by atoms with E-state index in [4.69, 9.17) is 4.74 Å². The third-order valence-electron chi connectivity index (χ3n) is 4.50. The summed E-state index contributed by atoms with van der Waals surface area (Å²) in [5.41, 5.74) is 0.145. The van der Waals surface area contributed by atoms with Crippen molar-refractivity contribution in [2.45, 2.75) is 44.2 Å². The van der Waals surface area contributed by atoms with Crippen LogP contribution in [0.1, 0.15) is 44.5 Å². The van der Waals surface area contributed by atoms with Gasteiger partial charge in [-0.15, -0.1) is 0 Å². The first-order chi connectivity index (χ1) is 9.83. The Kier molecular flexibility index (Phi) is 4.68. The first-order valence-corrected chi connectivity index (χ1v) is 8.93. The summed E-state index contributed by atoms with van der Waals surface area (Å²) in [4.78, 5) is 7.80. The van der Waals surface area contributed by atoms with Crippen LogP contribution in [-0.2, 0) is 4.74 Å². The predicted octanol–water partition coefficient (Wildman–Crippen LogP) is 2.75. The second kappa shape index (κ2) is 6.50. The Morgan fingerprint density at radius 3 is 3.30 bits per heavy atom. The van der Waals surface area contributed by atoms with E-state index in [-0.39, 0.29) is 5.60 Å². The van der Waals surface area contributed by atoms with Crippen LogP contribution >= 0.6 is 11.8 Å². The van der Waals surface area contributed by atoms with E-state index >= 15 is 0 Å². The maximum atomic E-state index is 6.15. The lowest BCUT2D eigenvalue weighted by Gasteiger charge is -2.40. The van der Waals surface area contributed by atoms with Crippen LogP contribution in [0.25, 0.3) is 0 Å². The van der Waals surface area contributed by atoms with Gasteiger partial charge in [-0.05, 0) is 43.9 Å². The number of aromatic amines is 1. The SMILES string of the molecule is CCCNC(c1ncc[nH]1)C1CCOC2(CCSC2)C1. The van der Waals surface area contributed by atoms with E-state index in [9.17, 15) is 0 Å². The minimum atomic E-state index is 0.145. The number of H-pyrrole nitrogens is 1. The molecule has 3 unspecified atom stereocenters. The van der Waals surface area contributed by atoms with Crippen LogP contribution in [0.5, 0.6) is 0 Å². The van der Waals surface area contributed by atoms with Crippen molar-refractivity contribution in [2.24, 2.45) is 5.92 Å². The minimum Gasteiger partial charge on any atom is -0.374 e. The summed E-state index contributed by atoms with van der Waals surface area (Å²) in [5.74, 6) is 4.13. The molecule has 2 fully saturated rings. The molecule has 0 aromatic carbocycles. The number of nitrogens with zero attached hydrogens (tertiary/aromatic N) is 1. The zero-order valence-corrected chi connectivity index (χ0v) is 13.0. The van der Waals surface area contributed by atoms with Gasteiger partial charge in [-0.3, -0.25) is 0 Å². The van der Waals surface area contributed by atoms with E-state index in [1.807, 2.05) is 24.2 Å². The molecule has 4 nitrogen and oxygen atoms in total. The second-order valence-electron chi connectivity index (χ2n) is 5.99. The molecule has 1 aromatic heterocycles. The molecule has 20 heavy (non-hydrogen) atoms. The normalized spacial score (nSPS) is 31.8. The van der Waals surface area contributed by atoms with E-state index in [1.165, 1.54) is 24.3 Å². The summed E-state index contributed by atoms with van der Waals surface area (Å²) in [6.07, 6.45) is 8.46. The van der Waals surface area contributed by atoms with Crippen molar-refractivity contribution in [3.8, 4) is 0 Å². The van der Waals surface area contributed by atoms with Crippen molar-refractivity contribution in [1.82, 2.24) is 15.3 Å². The summed E-state index contributed by atoms with van der Waals surface area (Å²) in [5, 5.41) is 3.69.